The van der Waals surface area contributed by atoms with Crippen molar-refractivity contribution in [1.29, 1.82) is 0 Å². The van der Waals surface area contributed by atoms with Crippen LogP contribution in [0.5, 0.6) is 0 Å². The van der Waals surface area contributed by atoms with Crippen LogP contribution in [0.4, 0.5) is 10.3 Å². The van der Waals surface area contributed by atoms with Gasteiger partial charge in [0.2, 0.25) is 5.95 Å². The van der Waals surface area contributed by atoms with Gasteiger partial charge in [0.1, 0.15) is 17.1 Å². The Labute approximate surface area is 225 Å². The van der Waals surface area contributed by atoms with Crippen LogP contribution in [0.3, 0.4) is 0 Å². The Bertz CT molecular complexity index is 1710. The number of nitrogens with zero attached hydrogens (tertiary/aromatic N) is 7. The third kappa shape index (κ3) is 4.99. The van der Waals surface area contributed by atoms with Gasteiger partial charge in [-0.15, -0.1) is 0 Å². The lowest BCUT2D eigenvalue weighted by atomic mass is 10.1. The number of halogens is 1. The minimum atomic E-state index is -0.940. The number of anilines is 1. The lowest BCUT2D eigenvalue weighted by Crippen LogP contribution is -2.34. The normalized spacial score (nSPS) is 11.0. The smallest absolute Gasteiger partial charge is 0.356 e. The molecule has 0 bridgehead atoms. The van der Waals surface area contributed by atoms with Crippen molar-refractivity contribution in [3.05, 3.63) is 65.9 Å². The summed E-state index contributed by atoms with van der Waals surface area (Å²) in [6.07, 6.45) is 2.17. The first kappa shape index (κ1) is 26.1. The fourth-order valence-electron chi connectivity index (χ4n) is 4.05. The van der Waals surface area contributed by atoms with Crippen LogP contribution in [0.15, 0.2) is 48.8 Å². The maximum Gasteiger partial charge on any atom is 0.356 e. The molecule has 5 rings (SSSR count). The predicted octanol–water partition coefficient (Wildman–Crippen LogP) is 1.67. The second-order valence-electron chi connectivity index (χ2n) is 8.43. The molecule has 0 unspecified atom stereocenters. The van der Waals surface area contributed by atoms with Gasteiger partial charge in [0.15, 0.2) is 5.82 Å². The summed E-state index contributed by atoms with van der Waals surface area (Å²) >= 11 is 0. The van der Waals surface area contributed by atoms with Gasteiger partial charge in [-0.1, -0.05) is 23.3 Å². The number of esters is 1. The number of carbonyl (C=O) groups is 3. The van der Waals surface area contributed by atoms with Crippen LogP contribution in [0.2, 0.25) is 0 Å². The van der Waals surface area contributed by atoms with E-state index in [1.54, 1.807) is 14.0 Å². The van der Waals surface area contributed by atoms with Crippen molar-refractivity contribution in [3.8, 4) is 17.1 Å². The molecule has 0 saturated carbocycles. The molecule has 15 heteroatoms. The van der Waals surface area contributed by atoms with E-state index in [2.05, 4.69) is 41.2 Å². The lowest BCUT2D eigenvalue weighted by Gasteiger charge is -2.08. The first-order valence-electron chi connectivity index (χ1n) is 12.2. The molecule has 1 aromatic carbocycles. The summed E-state index contributed by atoms with van der Waals surface area (Å²) in [4.78, 5) is 44.7. The van der Waals surface area contributed by atoms with E-state index < -0.39 is 23.5 Å². The van der Waals surface area contributed by atoms with Crippen LogP contribution < -0.4 is 10.6 Å². The van der Waals surface area contributed by atoms with Gasteiger partial charge in [0.05, 0.1) is 35.0 Å². The second kappa shape index (κ2) is 11.1. The van der Waals surface area contributed by atoms with Crippen molar-refractivity contribution in [2.45, 2.75) is 6.92 Å². The predicted molar refractivity (Wildman–Crippen MR) is 139 cm³/mol. The second-order valence-corrected chi connectivity index (χ2v) is 8.43. The van der Waals surface area contributed by atoms with E-state index in [9.17, 15) is 18.8 Å². The number of Topliss-reactive ketones (excluding diaryl/α,β-unsaturated/α-hetero) is 1. The van der Waals surface area contributed by atoms with Crippen molar-refractivity contribution in [2.24, 2.45) is 7.05 Å². The molecule has 0 atom stereocenters. The quantitative estimate of drug-likeness (QED) is 0.101. The fraction of sp³-hybridized carbons (Fsp3) is 0.200. The standard InChI is InChI=1S/C25H23FN10O4/c1-3-40-24(39)18-11-17(32-35(18)2)20-21-19(16(26)13-30-20)15(12-29-21)22(37)23(38)27-9-10-28-25-31-33-34-36(25)14-7-5-4-6-8-14/h4-8,11-13,29H,3,9-10H2,1-2H3,(H,27,38)(H,28,31,34). The number of hydrogen-bond donors (Lipinski definition) is 3. The third-order valence-corrected chi connectivity index (χ3v) is 5.88. The van der Waals surface area contributed by atoms with Gasteiger partial charge < -0.3 is 20.4 Å². The van der Waals surface area contributed by atoms with E-state index in [0.717, 1.165) is 11.9 Å². The number of ether oxygens (including phenoxy) is 1. The van der Waals surface area contributed by atoms with Crippen molar-refractivity contribution >= 4 is 34.5 Å². The topological polar surface area (TPSA) is 175 Å². The number of aryl methyl sites for hydroxylation is 1. The molecule has 4 aromatic heterocycles. The molecular weight excluding hydrogens is 523 g/mol. The molecule has 5 aromatic rings. The van der Waals surface area contributed by atoms with Crippen molar-refractivity contribution in [3.63, 3.8) is 0 Å². The highest BCUT2D eigenvalue weighted by atomic mass is 19.1. The number of ketones is 1. The Balaban J connectivity index is 1.29. The maximum absolute atomic E-state index is 14.9. The monoisotopic (exact) mass is 546 g/mol. The van der Waals surface area contributed by atoms with Crippen LogP contribution in [-0.2, 0) is 16.6 Å². The van der Waals surface area contributed by atoms with Gasteiger partial charge >= 0.3 is 5.97 Å². The molecule has 0 aliphatic rings. The number of hydrogen-bond acceptors (Lipinski definition) is 10. The number of aromatic nitrogens is 8. The van der Waals surface area contributed by atoms with Crippen molar-refractivity contribution in [2.75, 3.05) is 25.0 Å². The van der Waals surface area contributed by atoms with E-state index in [0.29, 0.717) is 5.95 Å². The number of pyridine rings is 1. The van der Waals surface area contributed by atoms with Crippen LogP contribution in [0.25, 0.3) is 28.0 Å². The summed E-state index contributed by atoms with van der Waals surface area (Å²) in [5.74, 6) is -2.89. The van der Waals surface area contributed by atoms with E-state index in [1.165, 1.54) is 21.6 Å². The lowest BCUT2D eigenvalue weighted by molar-refractivity contribution is -0.116. The Hall–Kier alpha value is -5.47. The first-order chi connectivity index (χ1) is 19.4. The Morgan fingerprint density at radius 1 is 1.15 bits per heavy atom. The van der Waals surface area contributed by atoms with Crippen molar-refractivity contribution in [1.82, 2.24) is 45.3 Å². The SMILES string of the molecule is CCOC(=O)c1cc(-c2ncc(F)c3c(C(=O)C(=O)NCCNc4nnnn4-c4ccccc4)c[nH]c23)nn1C. The number of carbonyl (C=O) groups excluding carboxylic acids is 3. The summed E-state index contributed by atoms with van der Waals surface area (Å²) in [7, 11) is 1.56. The van der Waals surface area contributed by atoms with Gasteiger partial charge in [0, 0.05) is 32.4 Å². The van der Waals surface area contributed by atoms with Crippen LogP contribution >= 0.6 is 0 Å². The molecule has 0 aliphatic heterocycles. The summed E-state index contributed by atoms with van der Waals surface area (Å²) in [6, 6.07) is 10.7. The first-order valence-corrected chi connectivity index (χ1v) is 12.2. The van der Waals surface area contributed by atoms with Gasteiger partial charge in [-0.25, -0.2) is 14.2 Å². The molecule has 0 radical (unpaired) electrons. The van der Waals surface area contributed by atoms with Crippen LogP contribution in [0, 0.1) is 5.82 Å². The molecular formula is C25H23FN10O4. The average Bonchev–Trinajstić information content (AvgIpc) is 3.70. The summed E-state index contributed by atoms with van der Waals surface area (Å²) < 4.78 is 22.7. The highest BCUT2D eigenvalue weighted by Gasteiger charge is 2.25. The molecule has 0 spiro atoms. The fourth-order valence-corrected chi connectivity index (χ4v) is 4.05. The number of amides is 1. The molecule has 0 saturated heterocycles. The number of nitrogens with one attached hydrogen (secondary N) is 3. The van der Waals surface area contributed by atoms with E-state index in [-0.39, 0.29) is 53.2 Å². The number of fused-ring (bicyclic) bond motifs is 1. The van der Waals surface area contributed by atoms with Gasteiger partial charge in [-0.2, -0.15) is 9.78 Å². The summed E-state index contributed by atoms with van der Waals surface area (Å²) in [5.41, 5.74) is 1.35. The van der Waals surface area contributed by atoms with Crippen molar-refractivity contribution < 1.29 is 23.5 Å². The minimum Gasteiger partial charge on any atom is -0.461 e. The Morgan fingerprint density at radius 2 is 1.95 bits per heavy atom. The highest BCUT2D eigenvalue weighted by molar-refractivity contribution is 6.45. The third-order valence-electron chi connectivity index (χ3n) is 5.88. The van der Waals surface area contributed by atoms with Crippen LogP contribution in [-0.4, -0.2) is 77.3 Å². The number of rotatable bonds is 10. The maximum atomic E-state index is 14.9. The molecule has 14 nitrogen and oxygen atoms in total. The van der Waals surface area contributed by atoms with Crippen LogP contribution in [0.1, 0.15) is 27.8 Å². The number of para-hydroxylation sites is 1. The van der Waals surface area contributed by atoms with E-state index in [4.69, 9.17) is 4.74 Å². The molecule has 1 amide bonds. The molecule has 0 fully saturated rings. The Morgan fingerprint density at radius 3 is 2.73 bits per heavy atom. The molecule has 0 aliphatic carbocycles. The van der Waals surface area contributed by atoms with Gasteiger partial charge in [0.25, 0.3) is 11.7 Å². The zero-order chi connectivity index (χ0) is 28.2. The highest BCUT2D eigenvalue weighted by Crippen LogP contribution is 2.30. The Kier molecular flexibility index (Phi) is 7.26. The largest absolute Gasteiger partial charge is 0.461 e. The summed E-state index contributed by atoms with van der Waals surface area (Å²) in [5, 5.41) is 21.2. The van der Waals surface area contributed by atoms with Gasteiger partial charge in [-0.3, -0.25) is 14.3 Å². The average molecular weight is 547 g/mol. The van der Waals surface area contributed by atoms with Gasteiger partial charge in [-0.05, 0) is 29.5 Å². The minimum absolute atomic E-state index is 0.0639. The van der Waals surface area contributed by atoms with E-state index in [1.807, 2.05) is 30.3 Å². The molecule has 4 heterocycles. The summed E-state index contributed by atoms with van der Waals surface area (Å²) in [6.45, 7) is 2.14. The molecule has 3 N–H and O–H groups in total. The number of tetrazole rings is 1. The number of aromatic amines is 1. The zero-order valence-electron chi connectivity index (χ0n) is 21.4. The molecule has 40 heavy (non-hydrogen) atoms. The number of H-pyrrole nitrogens is 1. The zero-order valence-corrected chi connectivity index (χ0v) is 21.4. The molecule has 204 valence electrons. The number of benzene rings is 1. The van der Waals surface area contributed by atoms with E-state index >= 15 is 0 Å².